The fraction of sp³-hybridized carbons (Fsp3) is 0.400. The molecule has 0 aromatic heterocycles. The van der Waals surface area contributed by atoms with Crippen LogP contribution in [0.1, 0.15) is 16.7 Å². The summed E-state index contributed by atoms with van der Waals surface area (Å²) >= 11 is 0. The summed E-state index contributed by atoms with van der Waals surface area (Å²) in [5.41, 5.74) is 2.99. The Morgan fingerprint density at radius 1 is 0.625 bits per heavy atom. The summed E-state index contributed by atoms with van der Waals surface area (Å²) in [6.45, 7) is 1.26. The Morgan fingerprint density at radius 3 is 1.65 bits per heavy atom. The van der Waals surface area contributed by atoms with E-state index in [9.17, 15) is 0 Å². The molecule has 0 radical (unpaired) electrons. The molecule has 0 spiro atoms. The fourth-order valence-electron chi connectivity index (χ4n) is 4.21. The molecule has 0 bridgehead atoms. The summed E-state index contributed by atoms with van der Waals surface area (Å²) in [5, 5.41) is 0. The van der Waals surface area contributed by atoms with Crippen LogP contribution in [0.5, 0.6) is 11.5 Å². The first-order valence-electron chi connectivity index (χ1n) is 12.9. The topological polar surface area (TPSA) is 83.1 Å². The van der Waals surface area contributed by atoms with Gasteiger partial charge in [0.05, 0.1) is 40.6 Å². The molecule has 0 aliphatic carbocycles. The summed E-state index contributed by atoms with van der Waals surface area (Å²) in [7, 11) is 4.69. The van der Waals surface area contributed by atoms with Crippen molar-refractivity contribution in [3.63, 3.8) is 0 Å². The zero-order chi connectivity index (χ0) is 28.2. The van der Waals surface area contributed by atoms with Crippen molar-refractivity contribution < 1.29 is 42.0 Å². The second-order valence-electron chi connectivity index (χ2n) is 8.98. The third-order valence-electron chi connectivity index (χ3n) is 6.38. The van der Waals surface area contributed by atoms with Crippen LogP contribution in [-0.2, 0) is 52.3 Å². The smallest absolute Gasteiger partial charge is 0.334 e. The summed E-state index contributed by atoms with van der Waals surface area (Å²) in [4.78, 5) is 0. The van der Waals surface area contributed by atoms with E-state index in [1.54, 1.807) is 14.2 Å². The van der Waals surface area contributed by atoms with Gasteiger partial charge >= 0.3 is 8.60 Å². The second-order valence-corrected chi connectivity index (χ2v) is 10.4. The van der Waals surface area contributed by atoms with Gasteiger partial charge in [-0.2, -0.15) is 0 Å². The highest BCUT2D eigenvalue weighted by Crippen LogP contribution is 2.42. The first kappa shape index (κ1) is 30.4. The number of ether oxygens (including phenoxy) is 6. The molecule has 4 atom stereocenters. The van der Waals surface area contributed by atoms with Gasteiger partial charge in [0.15, 0.2) is 6.29 Å². The number of methoxy groups -OCH3 is 2. The maximum absolute atomic E-state index is 6.51. The average molecular weight is 573 g/mol. The Hall–Kier alpha value is -2.59. The molecule has 1 aliphatic rings. The molecular weight excluding hydrogens is 535 g/mol. The van der Waals surface area contributed by atoms with Crippen LogP contribution in [0.3, 0.4) is 0 Å². The van der Waals surface area contributed by atoms with Crippen molar-refractivity contribution in [3.8, 4) is 11.5 Å². The maximum atomic E-state index is 6.51. The van der Waals surface area contributed by atoms with Crippen molar-refractivity contribution in [2.45, 2.75) is 44.4 Å². The Morgan fingerprint density at radius 2 is 1.12 bits per heavy atom. The molecule has 10 heteroatoms. The molecule has 0 saturated carbocycles. The van der Waals surface area contributed by atoms with Crippen LogP contribution in [0, 0.1) is 0 Å². The van der Waals surface area contributed by atoms with E-state index in [0.29, 0.717) is 19.8 Å². The molecule has 9 nitrogen and oxygen atoms in total. The van der Waals surface area contributed by atoms with Crippen molar-refractivity contribution in [2.24, 2.45) is 0 Å². The van der Waals surface area contributed by atoms with E-state index in [-0.39, 0.29) is 6.61 Å². The fourth-order valence-corrected chi connectivity index (χ4v) is 4.88. The third-order valence-corrected chi connectivity index (χ3v) is 7.36. The molecule has 40 heavy (non-hydrogen) atoms. The minimum absolute atomic E-state index is 0.232. The van der Waals surface area contributed by atoms with Crippen LogP contribution in [-0.4, -0.2) is 59.6 Å². The number of rotatable bonds is 15. The van der Waals surface area contributed by atoms with Gasteiger partial charge in [0, 0.05) is 14.2 Å². The van der Waals surface area contributed by atoms with Gasteiger partial charge in [-0.3, -0.25) is 4.52 Å². The van der Waals surface area contributed by atoms with Gasteiger partial charge in [-0.1, -0.05) is 54.6 Å². The van der Waals surface area contributed by atoms with E-state index in [1.165, 1.54) is 14.2 Å². The third kappa shape index (κ3) is 8.70. The van der Waals surface area contributed by atoms with Crippen LogP contribution in [0.25, 0.3) is 0 Å². The highest BCUT2D eigenvalue weighted by Gasteiger charge is 2.45. The normalized spacial score (nSPS) is 20.9. The number of hydrogen-bond donors (Lipinski definition) is 0. The summed E-state index contributed by atoms with van der Waals surface area (Å²) in [6.07, 6.45) is -2.38. The van der Waals surface area contributed by atoms with Crippen molar-refractivity contribution in [1.82, 2.24) is 0 Å². The number of hydrogen-bond acceptors (Lipinski definition) is 9. The highest BCUT2D eigenvalue weighted by molar-refractivity contribution is 7.41. The zero-order valence-corrected chi connectivity index (χ0v) is 24.2. The van der Waals surface area contributed by atoms with Gasteiger partial charge in [-0.05, 0) is 41.0 Å². The summed E-state index contributed by atoms with van der Waals surface area (Å²) in [6, 6.07) is 25.4. The van der Waals surface area contributed by atoms with Crippen molar-refractivity contribution >= 4 is 8.60 Å². The summed E-state index contributed by atoms with van der Waals surface area (Å²) in [5.74, 6) is 1.56. The lowest BCUT2D eigenvalue weighted by Gasteiger charge is -2.42. The predicted molar refractivity (Wildman–Crippen MR) is 150 cm³/mol. The highest BCUT2D eigenvalue weighted by atomic mass is 31.2. The molecule has 3 aromatic carbocycles. The van der Waals surface area contributed by atoms with Gasteiger partial charge in [-0.25, -0.2) is 0 Å². The quantitative estimate of drug-likeness (QED) is 0.215. The minimum atomic E-state index is -1.64. The minimum Gasteiger partial charge on any atom is -0.497 e. The van der Waals surface area contributed by atoms with Crippen LogP contribution >= 0.6 is 8.60 Å². The Kier molecular flexibility index (Phi) is 12.2. The van der Waals surface area contributed by atoms with Crippen molar-refractivity contribution in [2.75, 3.05) is 35.0 Å². The van der Waals surface area contributed by atoms with Gasteiger partial charge in [0.25, 0.3) is 0 Å². The van der Waals surface area contributed by atoms with E-state index >= 15 is 0 Å². The van der Waals surface area contributed by atoms with Gasteiger partial charge in [0.1, 0.15) is 29.8 Å². The lowest BCUT2D eigenvalue weighted by molar-refractivity contribution is -0.280. The maximum Gasteiger partial charge on any atom is 0.334 e. The monoisotopic (exact) mass is 572 g/mol. The largest absolute Gasteiger partial charge is 0.497 e. The molecule has 0 amide bonds. The van der Waals surface area contributed by atoms with Crippen molar-refractivity contribution in [1.29, 1.82) is 0 Å². The second kappa shape index (κ2) is 16.0. The van der Waals surface area contributed by atoms with Gasteiger partial charge in [-0.15, -0.1) is 0 Å². The molecule has 3 aromatic rings. The molecule has 1 fully saturated rings. The zero-order valence-electron chi connectivity index (χ0n) is 23.3. The molecule has 1 unspecified atom stereocenters. The van der Waals surface area contributed by atoms with Crippen LogP contribution in [0.2, 0.25) is 0 Å². The van der Waals surface area contributed by atoms with Crippen molar-refractivity contribution in [3.05, 3.63) is 95.6 Å². The molecule has 4 rings (SSSR count). The molecular formula is C30H37O9P. The predicted octanol–water partition coefficient (Wildman–Crippen LogP) is 5.65. The van der Waals surface area contributed by atoms with Crippen LogP contribution in [0.15, 0.2) is 78.9 Å². The molecule has 1 heterocycles. The first-order valence-corrected chi connectivity index (χ1v) is 14.0. The molecule has 0 N–H and O–H groups in total. The van der Waals surface area contributed by atoms with E-state index in [4.69, 9.17) is 42.0 Å². The van der Waals surface area contributed by atoms with Crippen LogP contribution in [0.4, 0.5) is 0 Å². The Labute approximate surface area is 237 Å². The van der Waals surface area contributed by atoms with E-state index in [0.717, 1.165) is 28.2 Å². The Balaban J connectivity index is 1.55. The Bertz CT molecular complexity index is 1110. The SMILES string of the molecule is COc1ccc(CO[C@H]2[C@H](OCc3ccc(OC)cc3)COC(OP(OC)OC)[C@@H]2OCc2ccccc2)cc1. The summed E-state index contributed by atoms with van der Waals surface area (Å²) < 4.78 is 52.7. The van der Waals surface area contributed by atoms with Gasteiger partial charge in [0.2, 0.25) is 0 Å². The molecule has 1 aliphatic heterocycles. The molecule has 216 valence electrons. The van der Waals surface area contributed by atoms with E-state index in [2.05, 4.69) is 0 Å². The lowest BCUT2D eigenvalue weighted by atomic mass is 10.0. The lowest BCUT2D eigenvalue weighted by Crippen LogP contribution is -2.56. The first-order chi connectivity index (χ1) is 19.6. The van der Waals surface area contributed by atoms with Gasteiger partial charge < -0.3 is 37.5 Å². The van der Waals surface area contributed by atoms with Crippen LogP contribution < -0.4 is 9.47 Å². The van der Waals surface area contributed by atoms with E-state index < -0.39 is 33.2 Å². The molecule has 1 saturated heterocycles. The number of benzene rings is 3. The average Bonchev–Trinajstić information content (AvgIpc) is 3.02. The standard InChI is InChI=1S/C30H37O9P/c1-31-25-14-10-23(11-15-25)18-35-27-21-38-30(39-40(33-3)34-4)29(37-19-22-8-6-5-7-9-22)28(27)36-20-24-12-16-26(32-2)17-13-24/h5-17,27-30H,18-21H2,1-4H3/t27-,28+,29-,30?/m1/s1. The van der Waals surface area contributed by atoms with E-state index in [1.807, 2.05) is 78.9 Å².